The van der Waals surface area contributed by atoms with Crippen LogP contribution in [0, 0.1) is 11.8 Å². The minimum atomic E-state index is -0.593. The number of aliphatic hydroxyl groups is 2. The molecule has 2 aromatic rings. The zero-order valence-corrected chi connectivity index (χ0v) is 22.1. The van der Waals surface area contributed by atoms with Gasteiger partial charge in [0.15, 0.2) is 5.82 Å². The first kappa shape index (κ1) is 27.1. The van der Waals surface area contributed by atoms with Crippen LogP contribution in [0.5, 0.6) is 5.75 Å². The molecular formula is C28H40N4O5. The number of allylic oxidation sites excluding steroid dienone is 2. The zero-order chi connectivity index (χ0) is 26.4. The normalized spacial score (nSPS) is 22.3. The lowest BCUT2D eigenvalue weighted by Gasteiger charge is -2.36. The molecule has 1 saturated heterocycles. The van der Waals surface area contributed by atoms with Crippen molar-refractivity contribution < 1.29 is 24.3 Å². The average Bonchev–Trinajstić information content (AvgIpc) is 3.41. The third-order valence-electron chi connectivity index (χ3n) is 7.46. The molecule has 1 aromatic heterocycles. The van der Waals surface area contributed by atoms with Crippen LogP contribution in [-0.4, -0.2) is 64.7 Å². The van der Waals surface area contributed by atoms with Crippen molar-refractivity contribution in [1.82, 2.24) is 15.5 Å². The van der Waals surface area contributed by atoms with Crippen LogP contribution in [0.25, 0.3) is 5.57 Å². The molecule has 0 saturated carbocycles. The second kappa shape index (κ2) is 12.6. The highest BCUT2D eigenvalue weighted by Crippen LogP contribution is 2.32. The third-order valence-corrected chi connectivity index (χ3v) is 7.46. The lowest BCUT2D eigenvalue weighted by atomic mass is 9.86. The molecule has 4 rings (SSSR count). The number of aliphatic hydroxyl groups excluding tert-OH is 2. The van der Waals surface area contributed by atoms with Gasteiger partial charge in [0.25, 0.3) is 0 Å². The summed E-state index contributed by atoms with van der Waals surface area (Å²) in [5.41, 5.74) is 2.39. The number of ether oxygens (including phenoxy) is 1. The molecule has 0 radical (unpaired) electrons. The first-order valence-corrected chi connectivity index (χ1v) is 13.4. The van der Waals surface area contributed by atoms with Crippen LogP contribution < -0.4 is 15.0 Å². The van der Waals surface area contributed by atoms with Gasteiger partial charge in [0.2, 0.25) is 5.91 Å². The largest absolute Gasteiger partial charge is 0.493 e. The molecule has 1 amide bonds. The highest BCUT2D eigenvalue weighted by atomic mass is 16.5. The Morgan fingerprint density at radius 3 is 2.57 bits per heavy atom. The Labute approximate surface area is 218 Å². The predicted molar refractivity (Wildman–Crippen MR) is 141 cm³/mol. The molecule has 9 nitrogen and oxygen atoms in total. The fourth-order valence-electron chi connectivity index (χ4n) is 5.06. The van der Waals surface area contributed by atoms with Gasteiger partial charge < -0.3 is 29.7 Å². The quantitative estimate of drug-likeness (QED) is 0.442. The molecule has 9 heteroatoms. The summed E-state index contributed by atoms with van der Waals surface area (Å²) < 4.78 is 11.6. The van der Waals surface area contributed by atoms with E-state index >= 15 is 0 Å². The molecule has 0 bridgehead atoms. The fraction of sp³-hybridized carbons (Fsp3) is 0.607. The lowest BCUT2D eigenvalue weighted by Crippen LogP contribution is -2.43. The highest BCUT2D eigenvalue weighted by molar-refractivity contribution is 5.81. The smallest absolute Gasteiger partial charge is 0.324 e. The van der Waals surface area contributed by atoms with Crippen LogP contribution in [0.1, 0.15) is 70.2 Å². The van der Waals surface area contributed by atoms with Gasteiger partial charge in [0.1, 0.15) is 5.75 Å². The molecule has 1 aromatic carbocycles. The van der Waals surface area contributed by atoms with E-state index in [0.29, 0.717) is 31.0 Å². The van der Waals surface area contributed by atoms with Crippen molar-refractivity contribution in [1.29, 1.82) is 0 Å². The molecular weight excluding hydrogens is 472 g/mol. The summed E-state index contributed by atoms with van der Waals surface area (Å²) in [6.45, 7) is 7.36. The number of nitrogens with one attached hydrogen (secondary N) is 1. The number of nitrogens with zero attached hydrogens (tertiary/aromatic N) is 3. The van der Waals surface area contributed by atoms with E-state index in [1.165, 1.54) is 5.57 Å². The summed E-state index contributed by atoms with van der Waals surface area (Å²) in [6, 6.07) is 8.55. The minimum Gasteiger partial charge on any atom is -0.493 e. The molecule has 2 unspecified atom stereocenters. The van der Waals surface area contributed by atoms with Gasteiger partial charge in [-0.25, -0.2) is 0 Å². The highest BCUT2D eigenvalue weighted by Gasteiger charge is 2.29. The first-order valence-electron chi connectivity index (χ1n) is 13.4. The molecule has 1 aliphatic heterocycles. The monoisotopic (exact) mass is 512 g/mol. The summed E-state index contributed by atoms with van der Waals surface area (Å²) in [6.07, 6.45) is 6.37. The van der Waals surface area contributed by atoms with E-state index in [0.717, 1.165) is 49.4 Å². The van der Waals surface area contributed by atoms with E-state index in [4.69, 9.17) is 9.26 Å². The molecule has 0 spiro atoms. The van der Waals surface area contributed by atoms with Crippen molar-refractivity contribution >= 4 is 17.5 Å². The number of rotatable bonds is 10. The van der Waals surface area contributed by atoms with Crippen molar-refractivity contribution in [2.75, 3.05) is 31.3 Å². The number of carbonyl (C=O) groups excluding carboxylic acids is 1. The average molecular weight is 513 g/mol. The van der Waals surface area contributed by atoms with Crippen LogP contribution in [0.4, 0.5) is 6.01 Å². The van der Waals surface area contributed by atoms with Crippen molar-refractivity contribution in [2.45, 2.75) is 70.9 Å². The van der Waals surface area contributed by atoms with E-state index in [2.05, 4.69) is 59.3 Å². The Bertz CT molecular complexity index is 1050. The van der Waals surface area contributed by atoms with Crippen molar-refractivity contribution in [3.63, 3.8) is 0 Å². The van der Waals surface area contributed by atoms with E-state index in [1.54, 1.807) is 0 Å². The minimum absolute atomic E-state index is 0.107. The summed E-state index contributed by atoms with van der Waals surface area (Å²) in [5, 5.41) is 25.2. The number of piperidine rings is 1. The van der Waals surface area contributed by atoms with E-state index in [1.807, 2.05) is 12.1 Å². The summed E-state index contributed by atoms with van der Waals surface area (Å²) in [4.78, 5) is 19.1. The lowest BCUT2D eigenvalue weighted by molar-refractivity contribution is -0.126. The first-order chi connectivity index (χ1) is 17.9. The van der Waals surface area contributed by atoms with Gasteiger partial charge in [-0.1, -0.05) is 37.2 Å². The Kier molecular flexibility index (Phi) is 9.21. The van der Waals surface area contributed by atoms with Crippen molar-refractivity contribution in [3.05, 3.63) is 41.7 Å². The van der Waals surface area contributed by atoms with Crippen molar-refractivity contribution in [3.8, 4) is 5.75 Å². The molecule has 1 aliphatic carbocycles. The number of anilines is 1. The fourth-order valence-corrected chi connectivity index (χ4v) is 5.06. The SMILES string of the molecule is CC(C)c1noc(N2CCC(COc3ccc(C4=CCC(C(=O)NC(CO)CO)CC4)cc3)C[C@@H]2C)n1. The summed E-state index contributed by atoms with van der Waals surface area (Å²) in [7, 11) is 0. The van der Waals surface area contributed by atoms with Gasteiger partial charge in [-0.2, -0.15) is 4.98 Å². The maximum Gasteiger partial charge on any atom is 0.324 e. The maximum atomic E-state index is 12.4. The van der Waals surface area contributed by atoms with Crippen LogP contribution in [0.2, 0.25) is 0 Å². The van der Waals surface area contributed by atoms with Crippen LogP contribution in [0.3, 0.4) is 0 Å². The van der Waals surface area contributed by atoms with Gasteiger partial charge in [-0.3, -0.25) is 4.79 Å². The molecule has 202 valence electrons. The molecule has 2 heterocycles. The van der Waals surface area contributed by atoms with E-state index in [-0.39, 0.29) is 31.0 Å². The molecule has 1 fully saturated rings. The van der Waals surface area contributed by atoms with Gasteiger partial charge >= 0.3 is 6.01 Å². The van der Waals surface area contributed by atoms with Gasteiger partial charge in [-0.05, 0) is 68.2 Å². The Morgan fingerprint density at radius 1 is 1.22 bits per heavy atom. The van der Waals surface area contributed by atoms with Crippen LogP contribution >= 0.6 is 0 Å². The summed E-state index contributed by atoms with van der Waals surface area (Å²) in [5.74, 6) is 2.10. The molecule has 3 N–H and O–H groups in total. The van der Waals surface area contributed by atoms with Gasteiger partial charge in [0.05, 0.1) is 25.9 Å². The molecule has 3 atom stereocenters. The number of benzene rings is 1. The number of hydrogen-bond donors (Lipinski definition) is 3. The van der Waals surface area contributed by atoms with E-state index in [9.17, 15) is 15.0 Å². The number of amides is 1. The Morgan fingerprint density at radius 2 is 1.97 bits per heavy atom. The number of aromatic nitrogens is 2. The summed E-state index contributed by atoms with van der Waals surface area (Å²) >= 11 is 0. The topological polar surface area (TPSA) is 121 Å². The van der Waals surface area contributed by atoms with Crippen LogP contribution in [0.15, 0.2) is 34.9 Å². The van der Waals surface area contributed by atoms with Gasteiger partial charge in [-0.15, -0.1) is 0 Å². The number of carbonyl (C=O) groups is 1. The molecule has 2 aliphatic rings. The maximum absolute atomic E-state index is 12.4. The number of hydrogen-bond acceptors (Lipinski definition) is 8. The second-order valence-corrected chi connectivity index (χ2v) is 10.6. The Balaban J connectivity index is 1.23. The van der Waals surface area contributed by atoms with Crippen molar-refractivity contribution in [2.24, 2.45) is 11.8 Å². The zero-order valence-electron chi connectivity index (χ0n) is 22.1. The molecule has 37 heavy (non-hydrogen) atoms. The predicted octanol–water partition coefficient (Wildman–Crippen LogP) is 3.53. The van der Waals surface area contributed by atoms with E-state index < -0.39 is 6.04 Å². The van der Waals surface area contributed by atoms with Crippen LogP contribution in [-0.2, 0) is 4.79 Å². The standard InChI is InChI=1S/C28H40N4O5/c1-18(2)26-30-28(37-31-26)32-13-12-20(14-19(32)3)17-36-25-10-8-22(9-11-25)21-4-6-23(7-5-21)27(35)29-24(15-33)16-34/h4,8-11,18-20,23-24,33-34H,5-7,12-17H2,1-3H3,(H,29,35)/t19-,20?,23?/m0/s1. The third kappa shape index (κ3) is 6.90. The van der Waals surface area contributed by atoms with Gasteiger partial charge in [0, 0.05) is 24.4 Å². The second-order valence-electron chi connectivity index (χ2n) is 10.6. The Hall–Kier alpha value is -2.91.